The lowest BCUT2D eigenvalue weighted by Crippen LogP contribution is -2.24. The minimum atomic E-state index is -0.0204. The fourth-order valence-electron chi connectivity index (χ4n) is 3.21. The van der Waals surface area contributed by atoms with Crippen LogP contribution in [0.3, 0.4) is 0 Å². The second-order valence-electron chi connectivity index (χ2n) is 5.39. The van der Waals surface area contributed by atoms with E-state index in [9.17, 15) is 5.11 Å². The summed E-state index contributed by atoms with van der Waals surface area (Å²) in [5.74, 6) is 1.40. The smallest absolute Gasteiger partial charge is 0.0571 e. The molecule has 2 heteroatoms. The fraction of sp³-hybridized carbons (Fsp3) is 1.00. The van der Waals surface area contributed by atoms with E-state index in [1.54, 1.807) is 0 Å². The standard InChI is InChI=1S/C13H25NO/c15-13(10-11-4-1-2-5-11)12-6-3-8-14-9-7-12/h11-15H,1-10H2. The van der Waals surface area contributed by atoms with E-state index in [0.29, 0.717) is 5.92 Å². The summed E-state index contributed by atoms with van der Waals surface area (Å²) in [5, 5.41) is 13.6. The van der Waals surface area contributed by atoms with Gasteiger partial charge in [0.1, 0.15) is 0 Å². The molecule has 0 spiro atoms. The van der Waals surface area contributed by atoms with E-state index in [1.165, 1.54) is 44.9 Å². The molecule has 1 saturated carbocycles. The molecular weight excluding hydrogens is 186 g/mol. The topological polar surface area (TPSA) is 32.3 Å². The number of hydrogen-bond donors (Lipinski definition) is 2. The lowest BCUT2D eigenvalue weighted by molar-refractivity contribution is 0.0760. The van der Waals surface area contributed by atoms with Crippen molar-refractivity contribution in [2.45, 2.75) is 57.5 Å². The van der Waals surface area contributed by atoms with Gasteiger partial charge >= 0.3 is 0 Å². The van der Waals surface area contributed by atoms with Gasteiger partial charge in [0.25, 0.3) is 0 Å². The Labute approximate surface area is 93.5 Å². The van der Waals surface area contributed by atoms with Gasteiger partial charge in [-0.25, -0.2) is 0 Å². The molecule has 1 aliphatic heterocycles. The van der Waals surface area contributed by atoms with Gasteiger partial charge in [-0.2, -0.15) is 0 Å². The van der Waals surface area contributed by atoms with Crippen molar-refractivity contribution in [1.29, 1.82) is 0 Å². The van der Waals surface area contributed by atoms with Crippen LogP contribution in [0.4, 0.5) is 0 Å². The van der Waals surface area contributed by atoms with Gasteiger partial charge in [0.05, 0.1) is 6.10 Å². The fourth-order valence-corrected chi connectivity index (χ4v) is 3.21. The molecule has 2 rings (SSSR count). The third-order valence-corrected chi connectivity index (χ3v) is 4.21. The van der Waals surface area contributed by atoms with Gasteiger partial charge in [-0.3, -0.25) is 0 Å². The largest absolute Gasteiger partial charge is 0.393 e. The van der Waals surface area contributed by atoms with Crippen molar-refractivity contribution >= 4 is 0 Å². The number of rotatable bonds is 3. The average Bonchev–Trinajstić information content (AvgIpc) is 2.58. The summed E-state index contributed by atoms with van der Waals surface area (Å²) in [5.41, 5.74) is 0. The maximum Gasteiger partial charge on any atom is 0.0571 e. The van der Waals surface area contributed by atoms with Crippen molar-refractivity contribution in [1.82, 2.24) is 5.32 Å². The monoisotopic (exact) mass is 211 g/mol. The molecule has 1 aliphatic carbocycles. The van der Waals surface area contributed by atoms with E-state index >= 15 is 0 Å². The zero-order chi connectivity index (χ0) is 10.5. The third-order valence-electron chi connectivity index (χ3n) is 4.21. The summed E-state index contributed by atoms with van der Waals surface area (Å²) in [7, 11) is 0. The van der Waals surface area contributed by atoms with Crippen LogP contribution in [-0.2, 0) is 0 Å². The Bertz CT molecular complexity index is 169. The van der Waals surface area contributed by atoms with E-state index in [1.807, 2.05) is 0 Å². The van der Waals surface area contributed by atoms with Crippen LogP contribution in [-0.4, -0.2) is 24.3 Å². The Kier molecular flexibility index (Phi) is 4.45. The first-order valence-electron chi connectivity index (χ1n) is 6.75. The van der Waals surface area contributed by atoms with Crippen molar-refractivity contribution in [2.75, 3.05) is 13.1 Å². The van der Waals surface area contributed by atoms with E-state index in [2.05, 4.69) is 5.32 Å². The minimum Gasteiger partial charge on any atom is -0.393 e. The summed E-state index contributed by atoms with van der Waals surface area (Å²) in [6.07, 6.45) is 10.2. The van der Waals surface area contributed by atoms with Gasteiger partial charge in [0, 0.05) is 0 Å². The SMILES string of the molecule is OC(CC1CCCC1)C1CCCNCC1. The minimum absolute atomic E-state index is 0.0204. The maximum atomic E-state index is 10.2. The molecule has 1 heterocycles. The van der Waals surface area contributed by atoms with Crippen molar-refractivity contribution in [2.24, 2.45) is 11.8 Å². The Morgan fingerprint density at radius 2 is 1.80 bits per heavy atom. The van der Waals surface area contributed by atoms with Crippen molar-refractivity contribution in [3.05, 3.63) is 0 Å². The lowest BCUT2D eigenvalue weighted by atomic mass is 9.87. The van der Waals surface area contributed by atoms with Crippen molar-refractivity contribution in [3.63, 3.8) is 0 Å². The normalized spacial score (nSPS) is 31.4. The van der Waals surface area contributed by atoms with Gasteiger partial charge in [-0.1, -0.05) is 25.7 Å². The molecule has 2 fully saturated rings. The predicted octanol–water partition coefficient (Wildman–Crippen LogP) is 2.32. The number of aliphatic hydroxyl groups is 1. The molecule has 2 N–H and O–H groups in total. The first kappa shape index (κ1) is 11.4. The molecule has 2 aliphatic rings. The molecular formula is C13H25NO. The van der Waals surface area contributed by atoms with Gasteiger partial charge in [0.15, 0.2) is 0 Å². The van der Waals surface area contributed by atoms with Gasteiger partial charge in [0.2, 0.25) is 0 Å². The Morgan fingerprint density at radius 3 is 2.60 bits per heavy atom. The summed E-state index contributed by atoms with van der Waals surface area (Å²) in [4.78, 5) is 0. The second kappa shape index (κ2) is 5.86. The third kappa shape index (κ3) is 3.46. The first-order chi connectivity index (χ1) is 7.36. The summed E-state index contributed by atoms with van der Waals surface area (Å²) < 4.78 is 0. The molecule has 0 radical (unpaired) electrons. The molecule has 0 amide bonds. The first-order valence-corrected chi connectivity index (χ1v) is 6.75. The van der Waals surface area contributed by atoms with Crippen LogP contribution in [0, 0.1) is 11.8 Å². The van der Waals surface area contributed by atoms with Crippen LogP contribution in [0.15, 0.2) is 0 Å². The van der Waals surface area contributed by atoms with E-state index in [4.69, 9.17) is 0 Å². The van der Waals surface area contributed by atoms with Gasteiger partial charge < -0.3 is 10.4 Å². The Hall–Kier alpha value is -0.0800. The van der Waals surface area contributed by atoms with Crippen LogP contribution in [0.25, 0.3) is 0 Å². The lowest BCUT2D eigenvalue weighted by Gasteiger charge is -2.23. The zero-order valence-corrected chi connectivity index (χ0v) is 9.75. The number of nitrogens with one attached hydrogen (secondary N) is 1. The maximum absolute atomic E-state index is 10.2. The second-order valence-corrected chi connectivity index (χ2v) is 5.39. The summed E-state index contributed by atoms with van der Waals surface area (Å²) in [6.45, 7) is 2.25. The van der Waals surface area contributed by atoms with Crippen LogP contribution < -0.4 is 5.32 Å². The van der Waals surface area contributed by atoms with E-state index in [0.717, 1.165) is 25.4 Å². The van der Waals surface area contributed by atoms with Crippen LogP contribution in [0.5, 0.6) is 0 Å². The molecule has 0 bridgehead atoms. The Morgan fingerprint density at radius 1 is 1.00 bits per heavy atom. The van der Waals surface area contributed by atoms with E-state index < -0.39 is 0 Å². The highest BCUT2D eigenvalue weighted by Gasteiger charge is 2.25. The molecule has 0 aromatic rings. The van der Waals surface area contributed by atoms with Crippen LogP contribution in [0.1, 0.15) is 51.4 Å². The molecule has 1 saturated heterocycles. The van der Waals surface area contributed by atoms with Crippen molar-refractivity contribution < 1.29 is 5.11 Å². The highest BCUT2D eigenvalue weighted by atomic mass is 16.3. The van der Waals surface area contributed by atoms with E-state index in [-0.39, 0.29) is 6.10 Å². The van der Waals surface area contributed by atoms with Gasteiger partial charge in [-0.15, -0.1) is 0 Å². The molecule has 0 aromatic carbocycles. The quantitative estimate of drug-likeness (QED) is 0.751. The average molecular weight is 211 g/mol. The molecule has 0 aromatic heterocycles. The highest BCUT2D eigenvalue weighted by molar-refractivity contribution is 4.78. The predicted molar refractivity (Wildman–Crippen MR) is 62.8 cm³/mol. The summed E-state index contributed by atoms with van der Waals surface area (Å²) in [6, 6.07) is 0. The number of hydrogen-bond acceptors (Lipinski definition) is 2. The zero-order valence-electron chi connectivity index (χ0n) is 9.75. The Balaban J connectivity index is 1.74. The van der Waals surface area contributed by atoms with Crippen LogP contribution in [0.2, 0.25) is 0 Å². The molecule has 15 heavy (non-hydrogen) atoms. The molecule has 88 valence electrons. The highest BCUT2D eigenvalue weighted by Crippen LogP contribution is 2.31. The summed E-state index contributed by atoms with van der Waals surface area (Å²) >= 11 is 0. The molecule has 2 unspecified atom stereocenters. The number of aliphatic hydroxyl groups excluding tert-OH is 1. The molecule has 2 atom stereocenters. The van der Waals surface area contributed by atoms with Crippen molar-refractivity contribution in [3.8, 4) is 0 Å². The van der Waals surface area contributed by atoms with Gasteiger partial charge in [-0.05, 0) is 50.6 Å². The van der Waals surface area contributed by atoms with Crippen LogP contribution >= 0.6 is 0 Å². The molecule has 2 nitrogen and oxygen atoms in total.